The predicted octanol–water partition coefficient (Wildman–Crippen LogP) is 4.99. The van der Waals surface area contributed by atoms with E-state index < -0.39 is 0 Å². The van der Waals surface area contributed by atoms with Gasteiger partial charge in [0.1, 0.15) is 5.82 Å². The molecule has 1 amide bonds. The van der Waals surface area contributed by atoms with Gasteiger partial charge in [-0.3, -0.25) is 14.3 Å². The van der Waals surface area contributed by atoms with Crippen LogP contribution in [-0.4, -0.2) is 41.2 Å². The molecule has 4 aromatic rings. The van der Waals surface area contributed by atoms with Crippen LogP contribution in [0.2, 0.25) is 0 Å². The molecule has 8 nitrogen and oxygen atoms in total. The minimum Gasteiger partial charge on any atom is -0.310 e. The summed E-state index contributed by atoms with van der Waals surface area (Å²) in [5.41, 5.74) is 4.27. The number of nitrogens with one attached hydrogen (secondary N) is 1. The van der Waals surface area contributed by atoms with E-state index in [9.17, 15) is 4.79 Å². The number of carbonyl (C=O) groups is 1. The third-order valence-electron chi connectivity index (χ3n) is 6.26. The van der Waals surface area contributed by atoms with Crippen molar-refractivity contribution in [3.63, 3.8) is 0 Å². The van der Waals surface area contributed by atoms with Gasteiger partial charge in [0.2, 0.25) is 5.91 Å². The smallest absolute Gasteiger partial charge is 0.235 e. The van der Waals surface area contributed by atoms with Crippen LogP contribution >= 0.6 is 11.8 Å². The van der Waals surface area contributed by atoms with Crippen LogP contribution in [0.15, 0.2) is 60.1 Å². The largest absolute Gasteiger partial charge is 0.310 e. The summed E-state index contributed by atoms with van der Waals surface area (Å²) in [6, 6.07) is 12.3. The van der Waals surface area contributed by atoms with Gasteiger partial charge in [0.15, 0.2) is 11.0 Å². The standard InChI is InChI=1S/C25H27N7OS/c1-17-7-8-21(15-18(17)2)31-24(19-9-12-26-13-10-19)29-30-25(31)34-16-23(33)28-22-11-14-27-32(22)20-5-3-4-6-20/h7-15,20H,3-6,16H2,1-2H3,(H,28,33). The molecule has 0 aliphatic heterocycles. The molecular weight excluding hydrogens is 446 g/mol. The van der Waals surface area contributed by atoms with Crippen LogP contribution < -0.4 is 5.32 Å². The lowest BCUT2D eigenvalue weighted by Crippen LogP contribution is -2.19. The zero-order valence-electron chi connectivity index (χ0n) is 19.3. The Morgan fingerprint density at radius 2 is 1.82 bits per heavy atom. The first-order valence-electron chi connectivity index (χ1n) is 11.5. The van der Waals surface area contributed by atoms with Crippen LogP contribution in [0.1, 0.15) is 42.9 Å². The quantitative estimate of drug-likeness (QED) is 0.380. The van der Waals surface area contributed by atoms with E-state index in [1.54, 1.807) is 18.6 Å². The van der Waals surface area contributed by atoms with Gasteiger partial charge in [-0.15, -0.1) is 10.2 Å². The van der Waals surface area contributed by atoms with Gasteiger partial charge in [0.25, 0.3) is 0 Å². The highest BCUT2D eigenvalue weighted by atomic mass is 32.2. The Bertz CT molecular complexity index is 1290. The summed E-state index contributed by atoms with van der Waals surface area (Å²) >= 11 is 1.37. The molecule has 1 saturated carbocycles. The number of carbonyl (C=O) groups excluding carboxylic acids is 1. The molecule has 0 saturated heterocycles. The van der Waals surface area contributed by atoms with E-state index in [4.69, 9.17) is 0 Å². The molecule has 1 aliphatic rings. The SMILES string of the molecule is Cc1ccc(-n2c(SCC(=O)Nc3ccnn3C3CCCC3)nnc2-c2ccncc2)cc1C. The average Bonchev–Trinajstić information content (AvgIpc) is 3.61. The number of hydrogen-bond acceptors (Lipinski definition) is 6. The fourth-order valence-corrected chi connectivity index (χ4v) is 5.06. The van der Waals surface area contributed by atoms with Crippen molar-refractivity contribution in [3.05, 3.63) is 66.1 Å². The maximum Gasteiger partial charge on any atom is 0.235 e. The van der Waals surface area contributed by atoms with Crippen LogP contribution in [0.4, 0.5) is 5.82 Å². The molecule has 1 fully saturated rings. The Balaban J connectivity index is 1.38. The Labute approximate surface area is 202 Å². The number of aromatic nitrogens is 6. The molecule has 1 aliphatic carbocycles. The molecular formula is C25H27N7OS. The second-order valence-electron chi connectivity index (χ2n) is 8.58. The van der Waals surface area contributed by atoms with Crippen molar-refractivity contribution in [2.24, 2.45) is 0 Å². The molecule has 9 heteroatoms. The van der Waals surface area contributed by atoms with Crippen molar-refractivity contribution >= 4 is 23.5 Å². The van der Waals surface area contributed by atoms with Crippen LogP contribution in [-0.2, 0) is 4.79 Å². The van der Waals surface area contributed by atoms with E-state index in [1.807, 2.05) is 27.4 Å². The van der Waals surface area contributed by atoms with Gasteiger partial charge >= 0.3 is 0 Å². The molecule has 0 radical (unpaired) electrons. The summed E-state index contributed by atoms with van der Waals surface area (Å²) in [5.74, 6) is 1.60. The number of nitrogens with zero attached hydrogens (tertiary/aromatic N) is 6. The van der Waals surface area contributed by atoms with Crippen molar-refractivity contribution in [3.8, 4) is 17.1 Å². The molecule has 34 heavy (non-hydrogen) atoms. The number of aryl methyl sites for hydroxylation is 2. The van der Waals surface area contributed by atoms with Gasteiger partial charge in [-0.05, 0) is 62.1 Å². The monoisotopic (exact) mass is 473 g/mol. The summed E-state index contributed by atoms with van der Waals surface area (Å²) in [6.45, 7) is 4.17. The third kappa shape index (κ3) is 4.61. The molecule has 3 aromatic heterocycles. The molecule has 3 heterocycles. The molecule has 0 unspecified atom stereocenters. The first kappa shape index (κ1) is 22.3. The van der Waals surface area contributed by atoms with Gasteiger partial charge in [0, 0.05) is 24.0 Å². The van der Waals surface area contributed by atoms with E-state index in [1.165, 1.54) is 35.7 Å². The molecule has 1 N–H and O–H groups in total. The number of benzene rings is 1. The van der Waals surface area contributed by atoms with Crippen molar-refractivity contribution in [1.29, 1.82) is 0 Å². The Hall–Kier alpha value is -3.46. The average molecular weight is 474 g/mol. The second-order valence-corrected chi connectivity index (χ2v) is 9.52. The highest BCUT2D eigenvalue weighted by Gasteiger charge is 2.21. The minimum absolute atomic E-state index is 0.0927. The topological polar surface area (TPSA) is 90.5 Å². The van der Waals surface area contributed by atoms with E-state index in [0.717, 1.165) is 29.9 Å². The van der Waals surface area contributed by atoms with Crippen LogP contribution in [0.25, 0.3) is 17.1 Å². The van der Waals surface area contributed by atoms with Crippen molar-refractivity contribution < 1.29 is 4.79 Å². The Morgan fingerprint density at radius 3 is 2.59 bits per heavy atom. The van der Waals surface area contributed by atoms with E-state index in [2.05, 4.69) is 57.6 Å². The number of amides is 1. The fourth-order valence-electron chi connectivity index (χ4n) is 4.31. The van der Waals surface area contributed by atoms with Crippen LogP contribution in [0, 0.1) is 13.8 Å². The lowest BCUT2D eigenvalue weighted by molar-refractivity contribution is -0.113. The summed E-state index contributed by atoms with van der Waals surface area (Å²) < 4.78 is 3.96. The highest BCUT2D eigenvalue weighted by Crippen LogP contribution is 2.32. The fraction of sp³-hybridized carbons (Fsp3) is 0.320. The molecule has 5 rings (SSSR count). The third-order valence-corrected chi connectivity index (χ3v) is 7.19. The maximum absolute atomic E-state index is 12.8. The van der Waals surface area contributed by atoms with Crippen molar-refractivity contribution in [1.82, 2.24) is 29.5 Å². The molecule has 0 spiro atoms. The lowest BCUT2D eigenvalue weighted by atomic mass is 10.1. The molecule has 1 aromatic carbocycles. The number of hydrogen-bond donors (Lipinski definition) is 1. The van der Waals surface area contributed by atoms with Gasteiger partial charge in [0.05, 0.1) is 23.7 Å². The van der Waals surface area contributed by atoms with E-state index in [-0.39, 0.29) is 11.7 Å². The van der Waals surface area contributed by atoms with Crippen LogP contribution in [0.5, 0.6) is 0 Å². The normalized spacial score (nSPS) is 13.9. The summed E-state index contributed by atoms with van der Waals surface area (Å²) in [7, 11) is 0. The summed E-state index contributed by atoms with van der Waals surface area (Å²) in [4.78, 5) is 16.9. The van der Waals surface area contributed by atoms with Crippen molar-refractivity contribution in [2.75, 3.05) is 11.1 Å². The van der Waals surface area contributed by atoms with Crippen LogP contribution in [0.3, 0.4) is 0 Å². The minimum atomic E-state index is -0.0927. The highest BCUT2D eigenvalue weighted by molar-refractivity contribution is 7.99. The second kappa shape index (κ2) is 9.80. The molecule has 0 atom stereocenters. The summed E-state index contributed by atoms with van der Waals surface area (Å²) in [5, 5.41) is 17.0. The predicted molar refractivity (Wildman–Crippen MR) is 133 cm³/mol. The number of anilines is 1. The first-order valence-corrected chi connectivity index (χ1v) is 12.5. The van der Waals surface area contributed by atoms with Gasteiger partial charge < -0.3 is 5.32 Å². The zero-order chi connectivity index (χ0) is 23.5. The zero-order valence-corrected chi connectivity index (χ0v) is 20.1. The Kier molecular flexibility index (Phi) is 6.44. The summed E-state index contributed by atoms with van der Waals surface area (Å²) in [6.07, 6.45) is 9.86. The van der Waals surface area contributed by atoms with Crippen molar-refractivity contribution in [2.45, 2.75) is 50.7 Å². The lowest BCUT2D eigenvalue weighted by Gasteiger charge is -2.15. The Morgan fingerprint density at radius 1 is 1.03 bits per heavy atom. The van der Waals surface area contributed by atoms with Gasteiger partial charge in [-0.1, -0.05) is 30.7 Å². The number of thioether (sulfide) groups is 1. The molecule has 0 bridgehead atoms. The van der Waals surface area contributed by atoms with Gasteiger partial charge in [-0.25, -0.2) is 4.68 Å². The maximum atomic E-state index is 12.8. The molecule has 174 valence electrons. The first-order chi connectivity index (χ1) is 16.6. The van der Waals surface area contributed by atoms with E-state index in [0.29, 0.717) is 17.0 Å². The number of rotatable bonds is 7. The van der Waals surface area contributed by atoms with E-state index >= 15 is 0 Å². The van der Waals surface area contributed by atoms with Gasteiger partial charge in [-0.2, -0.15) is 5.10 Å². The number of pyridine rings is 1.